The summed E-state index contributed by atoms with van der Waals surface area (Å²) in [5.41, 5.74) is 2.74. The Morgan fingerprint density at radius 1 is 1.17 bits per heavy atom. The van der Waals surface area contributed by atoms with E-state index in [9.17, 15) is 4.79 Å². The highest BCUT2D eigenvalue weighted by atomic mass is 16.5. The topological polar surface area (TPSA) is 67.3 Å². The van der Waals surface area contributed by atoms with Gasteiger partial charge in [-0.3, -0.25) is 4.79 Å². The molecular formula is C18H22N4O2. The van der Waals surface area contributed by atoms with Gasteiger partial charge in [-0.1, -0.05) is 17.7 Å². The fraction of sp³-hybridized carbons (Fsp3) is 0.389. The highest BCUT2D eigenvalue weighted by molar-refractivity contribution is 5.91. The molecule has 1 fully saturated rings. The standard InChI is InChI=1S/C18H22N4O2/c1-13-5-7-15(8-6-13)20-16(23)12-24-17-11-14(2)19-18(21-17)22-9-3-4-10-22/h5-8,11H,3-4,9-10,12H2,1-2H3,(H,20,23). The first kappa shape index (κ1) is 16.2. The lowest BCUT2D eigenvalue weighted by atomic mass is 10.2. The van der Waals surface area contributed by atoms with E-state index in [-0.39, 0.29) is 12.5 Å². The van der Waals surface area contributed by atoms with Gasteiger partial charge >= 0.3 is 0 Å². The first-order valence-electron chi connectivity index (χ1n) is 8.20. The van der Waals surface area contributed by atoms with Crippen LogP contribution in [-0.4, -0.2) is 35.6 Å². The third kappa shape index (κ3) is 4.22. The third-order valence-electron chi connectivity index (χ3n) is 3.89. The van der Waals surface area contributed by atoms with Gasteiger partial charge in [-0.15, -0.1) is 0 Å². The second kappa shape index (κ2) is 7.29. The molecule has 24 heavy (non-hydrogen) atoms. The van der Waals surface area contributed by atoms with Crippen molar-refractivity contribution >= 4 is 17.5 Å². The predicted molar refractivity (Wildman–Crippen MR) is 93.5 cm³/mol. The van der Waals surface area contributed by atoms with Crippen molar-refractivity contribution in [1.82, 2.24) is 9.97 Å². The van der Waals surface area contributed by atoms with Crippen LogP contribution in [0.2, 0.25) is 0 Å². The number of aromatic nitrogens is 2. The molecule has 1 saturated heterocycles. The highest BCUT2D eigenvalue weighted by Gasteiger charge is 2.16. The zero-order valence-corrected chi connectivity index (χ0v) is 14.1. The van der Waals surface area contributed by atoms with Gasteiger partial charge in [-0.05, 0) is 38.8 Å². The first-order valence-corrected chi connectivity index (χ1v) is 8.20. The molecule has 1 amide bonds. The number of amides is 1. The number of hydrogen-bond donors (Lipinski definition) is 1. The van der Waals surface area contributed by atoms with E-state index in [1.807, 2.05) is 38.1 Å². The van der Waals surface area contributed by atoms with Gasteiger partial charge in [0.15, 0.2) is 6.61 Å². The maximum absolute atomic E-state index is 12.0. The molecule has 1 aromatic heterocycles. The molecular weight excluding hydrogens is 304 g/mol. The molecule has 0 saturated carbocycles. The fourth-order valence-corrected chi connectivity index (χ4v) is 2.63. The smallest absolute Gasteiger partial charge is 0.262 e. The molecule has 0 radical (unpaired) electrons. The molecule has 0 spiro atoms. The van der Waals surface area contributed by atoms with Crippen LogP contribution in [0.25, 0.3) is 0 Å². The number of nitrogens with zero attached hydrogens (tertiary/aromatic N) is 3. The first-order chi connectivity index (χ1) is 11.6. The summed E-state index contributed by atoms with van der Waals surface area (Å²) in [5.74, 6) is 0.905. The molecule has 0 bridgehead atoms. The van der Waals surface area contributed by atoms with Crippen molar-refractivity contribution in [3.05, 3.63) is 41.6 Å². The molecule has 2 aromatic rings. The van der Waals surface area contributed by atoms with Crippen molar-refractivity contribution in [1.29, 1.82) is 0 Å². The summed E-state index contributed by atoms with van der Waals surface area (Å²) in [4.78, 5) is 23.0. The van der Waals surface area contributed by atoms with Gasteiger partial charge in [0, 0.05) is 30.5 Å². The van der Waals surface area contributed by atoms with Gasteiger partial charge in [-0.2, -0.15) is 4.98 Å². The molecule has 6 nitrogen and oxygen atoms in total. The van der Waals surface area contributed by atoms with E-state index >= 15 is 0 Å². The normalized spacial score (nSPS) is 13.8. The van der Waals surface area contributed by atoms with Crippen molar-refractivity contribution in [2.45, 2.75) is 26.7 Å². The maximum Gasteiger partial charge on any atom is 0.262 e. The Hall–Kier alpha value is -2.63. The predicted octanol–water partition coefficient (Wildman–Crippen LogP) is 2.71. The monoisotopic (exact) mass is 326 g/mol. The minimum absolute atomic E-state index is 0.0796. The number of carbonyl (C=O) groups is 1. The average Bonchev–Trinajstić information content (AvgIpc) is 3.09. The Labute approximate surface area is 141 Å². The van der Waals surface area contributed by atoms with Crippen LogP contribution in [-0.2, 0) is 4.79 Å². The third-order valence-corrected chi connectivity index (χ3v) is 3.89. The van der Waals surface area contributed by atoms with E-state index in [4.69, 9.17) is 4.74 Å². The van der Waals surface area contributed by atoms with Crippen LogP contribution in [0.5, 0.6) is 5.88 Å². The van der Waals surface area contributed by atoms with Crippen LogP contribution in [0.1, 0.15) is 24.1 Å². The Balaban J connectivity index is 1.59. The van der Waals surface area contributed by atoms with Gasteiger partial charge in [0.2, 0.25) is 11.8 Å². The quantitative estimate of drug-likeness (QED) is 0.915. The number of anilines is 2. The number of rotatable bonds is 5. The van der Waals surface area contributed by atoms with Gasteiger partial charge in [0.25, 0.3) is 5.91 Å². The van der Waals surface area contributed by atoms with Gasteiger partial charge in [0.05, 0.1) is 0 Å². The van der Waals surface area contributed by atoms with E-state index in [2.05, 4.69) is 20.2 Å². The Bertz CT molecular complexity index is 709. The van der Waals surface area contributed by atoms with Crippen LogP contribution in [0.4, 0.5) is 11.6 Å². The van der Waals surface area contributed by atoms with Crippen LogP contribution < -0.4 is 15.0 Å². The summed E-state index contributed by atoms with van der Waals surface area (Å²) in [6.45, 7) is 5.77. The average molecular weight is 326 g/mol. The summed E-state index contributed by atoms with van der Waals surface area (Å²) in [7, 11) is 0. The van der Waals surface area contributed by atoms with E-state index in [0.29, 0.717) is 11.8 Å². The van der Waals surface area contributed by atoms with Gasteiger partial charge in [-0.25, -0.2) is 4.98 Å². The zero-order chi connectivity index (χ0) is 16.9. The number of benzene rings is 1. The fourth-order valence-electron chi connectivity index (χ4n) is 2.63. The van der Waals surface area contributed by atoms with Gasteiger partial charge in [0.1, 0.15) is 0 Å². The van der Waals surface area contributed by atoms with Crippen LogP contribution in [0.15, 0.2) is 30.3 Å². The zero-order valence-electron chi connectivity index (χ0n) is 14.1. The van der Waals surface area contributed by atoms with Crippen molar-refractivity contribution in [2.75, 3.05) is 29.9 Å². The minimum Gasteiger partial charge on any atom is -0.467 e. The summed E-state index contributed by atoms with van der Waals surface area (Å²) >= 11 is 0. The summed E-state index contributed by atoms with van der Waals surface area (Å²) in [6, 6.07) is 9.39. The molecule has 1 aliphatic heterocycles. The van der Waals surface area contributed by atoms with Crippen molar-refractivity contribution in [2.24, 2.45) is 0 Å². The van der Waals surface area contributed by atoms with Crippen molar-refractivity contribution in [3.63, 3.8) is 0 Å². The van der Waals surface area contributed by atoms with Crippen LogP contribution >= 0.6 is 0 Å². The number of aryl methyl sites for hydroxylation is 2. The number of hydrogen-bond acceptors (Lipinski definition) is 5. The van der Waals surface area contributed by atoms with Gasteiger partial charge < -0.3 is 15.0 Å². The molecule has 3 rings (SSSR count). The maximum atomic E-state index is 12.0. The number of ether oxygens (including phenoxy) is 1. The number of nitrogens with one attached hydrogen (secondary N) is 1. The molecule has 0 unspecified atom stereocenters. The second-order valence-corrected chi connectivity index (χ2v) is 6.04. The molecule has 1 aliphatic rings. The lowest BCUT2D eigenvalue weighted by Crippen LogP contribution is -2.23. The molecule has 0 aliphatic carbocycles. The summed E-state index contributed by atoms with van der Waals surface area (Å²) < 4.78 is 5.55. The van der Waals surface area contributed by atoms with Crippen LogP contribution in [0, 0.1) is 13.8 Å². The number of carbonyl (C=O) groups excluding carboxylic acids is 1. The highest BCUT2D eigenvalue weighted by Crippen LogP contribution is 2.19. The van der Waals surface area contributed by atoms with E-state index in [1.165, 1.54) is 0 Å². The van der Waals surface area contributed by atoms with Crippen molar-refractivity contribution in [3.8, 4) is 5.88 Å². The summed E-state index contributed by atoms with van der Waals surface area (Å²) in [5, 5.41) is 2.81. The molecule has 1 N–H and O–H groups in total. The SMILES string of the molecule is Cc1ccc(NC(=O)COc2cc(C)nc(N3CCCC3)n2)cc1. The Kier molecular flexibility index (Phi) is 4.93. The Morgan fingerprint density at radius 3 is 2.58 bits per heavy atom. The van der Waals surface area contributed by atoms with E-state index in [0.717, 1.165) is 42.9 Å². The van der Waals surface area contributed by atoms with E-state index < -0.39 is 0 Å². The molecule has 2 heterocycles. The molecule has 0 atom stereocenters. The van der Waals surface area contributed by atoms with Crippen LogP contribution in [0.3, 0.4) is 0 Å². The molecule has 6 heteroatoms. The van der Waals surface area contributed by atoms with Crippen molar-refractivity contribution < 1.29 is 9.53 Å². The summed E-state index contributed by atoms with van der Waals surface area (Å²) in [6.07, 6.45) is 2.32. The largest absolute Gasteiger partial charge is 0.467 e. The lowest BCUT2D eigenvalue weighted by Gasteiger charge is -2.16. The molecule has 126 valence electrons. The lowest BCUT2D eigenvalue weighted by molar-refractivity contribution is -0.118. The van der Waals surface area contributed by atoms with E-state index in [1.54, 1.807) is 6.07 Å². The second-order valence-electron chi connectivity index (χ2n) is 6.04. The minimum atomic E-state index is -0.210. The Morgan fingerprint density at radius 2 is 1.88 bits per heavy atom. The molecule has 1 aromatic carbocycles.